The first-order chi connectivity index (χ1) is 16.9. The maximum absolute atomic E-state index is 12.7. The third-order valence-corrected chi connectivity index (χ3v) is 6.71. The molecule has 0 radical (unpaired) electrons. The van der Waals surface area contributed by atoms with Crippen LogP contribution in [0.25, 0.3) is 11.1 Å². The summed E-state index contributed by atoms with van der Waals surface area (Å²) in [7, 11) is 1.15. The maximum Gasteiger partial charge on any atom is 0.407 e. The van der Waals surface area contributed by atoms with Gasteiger partial charge in [0.1, 0.15) is 12.6 Å². The molecule has 0 aliphatic heterocycles. The summed E-state index contributed by atoms with van der Waals surface area (Å²) in [6.45, 7) is 0.156. The molecule has 184 valence electrons. The van der Waals surface area contributed by atoms with Crippen LogP contribution in [-0.4, -0.2) is 54.8 Å². The number of ether oxygens (including phenoxy) is 2. The summed E-state index contributed by atoms with van der Waals surface area (Å²) in [4.78, 5) is 48.3. The van der Waals surface area contributed by atoms with Crippen molar-refractivity contribution in [2.45, 2.75) is 43.7 Å². The molecule has 0 saturated heterocycles. The molecule has 1 saturated carbocycles. The van der Waals surface area contributed by atoms with Crippen molar-refractivity contribution in [1.82, 2.24) is 10.6 Å². The molecule has 1 fully saturated rings. The number of benzene rings is 2. The fraction of sp³-hybridized carbons (Fsp3) is 0.385. The van der Waals surface area contributed by atoms with Gasteiger partial charge in [-0.2, -0.15) is 0 Å². The molecule has 0 aromatic heterocycles. The van der Waals surface area contributed by atoms with Crippen molar-refractivity contribution in [2.75, 3.05) is 13.7 Å². The summed E-state index contributed by atoms with van der Waals surface area (Å²) in [5.41, 5.74) is 4.46. The van der Waals surface area contributed by atoms with E-state index in [0.29, 0.717) is 19.3 Å². The number of aliphatic carboxylic acids is 1. The Kier molecular flexibility index (Phi) is 7.33. The molecule has 2 aliphatic carbocycles. The minimum absolute atomic E-state index is 0.0783. The van der Waals surface area contributed by atoms with E-state index < -0.39 is 48.4 Å². The number of carboxylic acid groups (broad SMARTS) is 1. The van der Waals surface area contributed by atoms with E-state index in [0.717, 1.165) is 29.4 Å². The average Bonchev–Trinajstić information content (AvgIpc) is 3.44. The van der Waals surface area contributed by atoms with Gasteiger partial charge in [0.05, 0.1) is 19.4 Å². The van der Waals surface area contributed by atoms with Crippen molar-refractivity contribution >= 4 is 23.9 Å². The highest BCUT2D eigenvalue weighted by Gasteiger charge is 2.37. The summed E-state index contributed by atoms with van der Waals surface area (Å²) >= 11 is 0. The van der Waals surface area contributed by atoms with Gasteiger partial charge in [-0.25, -0.2) is 9.59 Å². The van der Waals surface area contributed by atoms with E-state index >= 15 is 0 Å². The van der Waals surface area contributed by atoms with E-state index in [-0.39, 0.29) is 12.5 Å². The van der Waals surface area contributed by atoms with Crippen molar-refractivity contribution in [2.24, 2.45) is 5.92 Å². The zero-order chi connectivity index (χ0) is 24.9. The van der Waals surface area contributed by atoms with Crippen molar-refractivity contribution in [3.05, 3.63) is 59.7 Å². The van der Waals surface area contributed by atoms with Gasteiger partial charge < -0.3 is 25.2 Å². The number of hydrogen-bond acceptors (Lipinski definition) is 6. The molecule has 0 spiro atoms. The molecule has 0 unspecified atom stereocenters. The first kappa shape index (κ1) is 24.3. The first-order valence-corrected chi connectivity index (χ1v) is 11.6. The minimum atomic E-state index is -1.40. The Morgan fingerprint density at radius 2 is 1.63 bits per heavy atom. The molecule has 3 atom stereocenters. The van der Waals surface area contributed by atoms with E-state index in [1.54, 1.807) is 0 Å². The Morgan fingerprint density at radius 3 is 2.23 bits per heavy atom. The Hall–Kier alpha value is -3.88. The largest absolute Gasteiger partial charge is 0.480 e. The van der Waals surface area contributed by atoms with Crippen LogP contribution < -0.4 is 10.6 Å². The van der Waals surface area contributed by atoms with Crippen LogP contribution in [0, 0.1) is 5.92 Å². The summed E-state index contributed by atoms with van der Waals surface area (Å²) < 4.78 is 10.1. The van der Waals surface area contributed by atoms with Crippen molar-refractivity contribution < 1.29 is 33.8 Å². The molecule has 2 aliphatic rings. The second-order valence-corrected chi connectivity index (χ2v) is 8.79. The Bertz CT molecular complexity index is 1090. The Balaban J connectivity index is 1.35. The lowest BCUT2D eigenvalue weighted by atomic mass is 9.98. The molecule has 4 rings (SSSR count). The van der Waals surface area contributed by atoms with Crippen LogP contribution in [0.4, 0.5) is 4.79 Å². The number of carboxylic acids is 1. The van der Waals surface area contributed by atoms with Crippen LogP contribution >= 0.6 is 0 Å². The van der Waals surface area contributed by atoms with Gasteiger partial charge in [0.15, 0.2) is 0 Å². The Labute approximate surface area is 202 Å². The highest BCUT2D eigenvalue weighted by atomic mass is 16.5. The average molecular weight is 481 g/mol. The molecule has 2 aromatic carbocycles. The molecule has 3 N–H and O–H groups in total. The molecule has 2 aromatic rings. The number of amides is 2. The normalized spacial score (nSPS) is 19.2. The molecule has 0 bridgehead atoms. The van der Waals surface area contributed by atoms with Crippen LogP contribution in [-0.2, 0) is 23.9 Å². The van der Waals surface area contributed by atoms with E-state index in [2.05, 4.69) is 27.5 Å². The number of alkyl carbamates (subject to hydrolysis) is 1. The van der Waals surface area contributed by atoms with Gasteiger partial charge in [0.25, 0.3) is 0 Å². The topological polar surface area (TPSA) is 131 Å². The van der Waals surface area contributed by atoms with Crippen LogP contribution in [0.3, 0.4) is 0 Å². The fourth-order valence-corrected chi connectivity index (χ4v) is 4.97. The van der Waals surface area contributed by atoms with Gasteiger partial charge in [-0.05, 0) is 35.1 Å². The third kappa shape index (κ3) is 5.29. The molecule has 2 amide bonds. The van der Waals surface area contributed by atoms with Crippen LogP contribution in [0.5, 0.6) is 0 Å². The second-order valence-electron chi connectivity index (χ2n) is 8.79. The van der Waals surface area contributed by atoms with E-state index in [9.17, 15) is 24.3 Å². The lowest BCUT2D eigenvalue weighted by Crippen LogP contribution is -2.49. The molecular weight excluding hydrogens is 452 g/mol. The van der Waals surface area contributed by atoms with Gasteiger partial charge in [-0.3, -0.25) is 9.59 Å². The SMILES string of the molecule is COC(=O)C[C@H](NC(=O)[C@@H]1CCC[C@@H]1NC(=O)OCC1c2ccccc2-c2ccccc21)C(=O)O. The summed E-state index contributed by atoms with van der Waals surface area (Å²) in [6, 6.07) is 14.2. The maximum atomic E-state index is 12.7. The molecule has 35 heavy (non-hydrogen) atoms. The van der Waals surface area contributed by atoms with Crippen LogP contribution in [0.15, 0.2) is 48.5 Å². The minimum Gasteiger partial charge on any atom is -0.480 e. The van der Waals surface area contributed by atoms with Crippen molar-refractivity contribution in [3.63, 3.8) is 0 Å². The number of methoxy groups -OCH3 is 1. The van der Waals surface area contributed by atoms with Gasteiger partial charge in [0, 0.05) is 12.0 Å². The summed E-state index contributed by atoms with van der Waals surface area (Å²) in [5, 5.41) is 14.5. The van der Waals surface area contributed by atoms with Crippen molar-refractivity contribution in [1.29, 1.82) is 0 Å². The monoisotopic (exact) mass is 480 g/mol. The summed E-state index contributed by atoms with van der Waals surface area (Å²) in [5.74, 6) is -3.29. The molecule has 9 heteroatoms. The number of carbonyl (C=O) groups is 4. The molecule has 9 nitrogen and oxygen atoms in total. The quantitative estimate of drug-likeness (QED) is 0.495. The zero-order valence-corrected chi connectivity index (χ0v) is 19.4. The number of fused-ring (bicyclic) bond motifs is 3. The lowest BCUT2D eigenvalue weighted by Gasteiger charge is -2.23. The smallest absolute Gasteiger partial charge is 0.407 e. The predicted molar refractivity (Wildman–Crippen MR) is 126 cm³/mol. The second kappa shape index (κ2) is 10.6. The predicted octanol–water partition coefficient (Wildman–Crippen LogP) is 2.83. The van der Waals surface area contributed by atoms with Gasteiger partial charge in [-0.1, -0.05) is 55.0 Å². The van der Waals surface area contributed by atoms with E-state index in [4.69, 9.17) is 4.74 Å². The van der Waals surface area contributed by atoms with Gasteiger partial charge in [-0.15, -0.1) is 0 Å². The van der Waals surface area contributed by atoms with E-state index in [1.807, 2.05) is 36.4 Å². The van der Waals surface area contributed by atoms with Crippen molar-refractivity contribution in [3.8, 4) is 11.1 Å². The van der Waals surface area contributed by atoms with Crippen LogP contribution in [0.2, 0.25) is 0 Å². The number of carbonyl (C=O) groups excluding carboxylic acids is 3. The van der Waals surface area contributed by atoms with Gasteiger partial charge in [0.2, 0.25) is 5.91 Å². The van der Waals surface area contributed by atoms with E-state index in [1.165, 1.54) is 0 Å². The number of nitrogens with one attached hydrogen (secondary N) is 2. The highest BCUT2D eigenvalue weighted by Crippen LogP contribution is 2.44. The summed E-state index contributed by atoms with van der Waals surface area (Å²) in [6.07, 6.45) is 0.651. The first-order valence-electron chi connectivity index (χ1n) is 11.6. The fourth-order valence-electron chi connectivity index (χ4n) is 4.97. The van der Waals surface area contributed by atoms with Crippen LogP contribution in [0.1, 0.15) is 42.7 Å². The molecular formula is C26H28N2O7. The highest BCUT2D eigenvalue weighted by molar-refractivity contribution is 5.88. The number of rotatable bonds is 8. The Morgan fingerprint density at radius 1 is 1.00 bits per heavy atom. The molecule has 0 heterocycles. The lowest BCUT2D eigenvalue weighted by molar-refractivity contribution is -0.149. The number of hydrogen-bond donors (Lipinski definition) is 3. The standard InChI is InChI=1S/C26H28N2O7/c1-34-23(29)13-22(25(31)32)27-24(30)19-11-6-12-21(19)28-26(33)35-14-20-17-9-4-2-7-15(17)16-8-3-5-10-18(16)20/h2-5,7-10,19-22H,6,11-14H2,1H3,(H,27,30)(H,28,33)(H,31,32)/t19-,21+,22+/m1/s1. The van der Waals surface area contributed by atoms with Gasteiger partial charge >= 0.3 is 18.0 Å². The zero-order valence-electron chi connectivity index (χ0n) is 19.4. The number of esters is 1. The third-order valence-electron chi connectivity index (χ3n) is 6.71.